The van der Waals surface area contributed by atoms with E-state index in [0.717, 1.165) is 44.1 Å². The van der Waals surface area contributed by atoms with E-state index in [4.69, 9.17) is 4.74 Å². The van der Waals surface area contributed by atoms with Crippen LogP contribution in [0.1, 0.15) is 124 Å². The van der Waals surface area contributed by atoms with Gasteiger partial charge in [-0.2, -0.15) is 0 Å². The lowest BCUT2D eigenvalue weighted by Crippen LogP contribution is -2.66. The van der Waals surface area contributed by atoms with Crippen LogP contribution in [0.5, 0.6) is 0 Å². The Hall–Kier alpha value is -2.78. The van der Waals surface area contributed by atoms with Gasteiger partial charge in [0.1, 0.15) is 13.3 Å². The molecule has 1 aromatic carbocycles. The fourth-order valence-corrected chi connectivity index (χ4v) is 16.8. The Balaban J connectivity index is 0.994. The first-order chi connectivity index (χ1) is 28.4. The number of sulfone groups is 1. The van der Waals surface area contributed by atoms with E-state index >= 15 is 0 Å². The molecule has 10 atom stereocenters. The molecule has 5 fully saturated rings. The lowest BCUT2D eigenvalue weighted by molar-refractivity contribution is -0.226. The van der Waals surface area contributed by atoms with Crippen molar-refractivity contribution in [1.82, 2.24) is 10.2 Å². The van der Waals surface area contributed by atoms with Crippen LogP contribution in [0.15, 0.2) is 65.8 Å². The van der Waals surface area contributed by atoms with Gasteiger partial charge < -0.3 is 10.1 Å². The summed E-state index contributed by atoms with van der Waals surface area (Å²) in [6.07, 6.45) is 15.9. The zero-order valence-electron chi connectivity index (χ0n) is 37.6. The van der Waals surface area contributed by atoms with Gasteiger partial charge in [-0.15, -0.1) is 0 Å². The van der Waals surface area contributed by atoms with Crippen LogP contribution >= 0.6 is 0 Å². The highest BCUT2D eigenvalue weighted by molar-refractivity contribution is 7.91. The summed E-state index contributed by atoms with van der Waals surface area (Å²) in [5.74, 6) is 2.39. The van der Waals surface area contributed by atoms with Gasteiger partial charge in [0, 0.05) is 26.2 Å². The maximum atomic E-state index is 14.8. The fraction of sp³-hybridized carbons (Fsp3) is 0.725. The highest BCUT2D eigenvalue weighted by atomic mass is 32.2. The monoisotopic (exact) mass is 845 g/mol. The Morgan fingerprint density at radius 2 is 1.62 bits per heavy atom. The summed E-state index contributed by atoms with van der Waals surface area (Å²) >= 11 is 0. The van der Waals surface area contributed by atoms with Gasteiger partial charge in [0.2, 0.25) is 5.91 Å². The molecule has 6 aliphatic carbocycles. The van der Waals surface area contributed by atoms with E-state index in [1.165, 1.54) is 36.0 Å². The molecule has 0 radical (unpaired) electrons. The number of amides is 1. The van der Waals surface area contributed by atoms with Gasteiger partial charge in [-0.1, -0.05) is 89.3 Å². The maximum Gasteiger partial charge on any atom is 0.315 e. The summed E-state index contributed by atoms with van der Waals surface area (Å²) in [4.78, 5) is 30.2. The predicted octanol–water partition coefficient (Wildman–Crippen LogP) is 9.84. The van der Waals surface area contributed by atoms with Gasteiger partial charge in [-0.25, -0.2) is 12.8 Å². The Bertz CT molecular complexity index is 2020. The highest BCUT2D eigenvalue weighted by Crippen LogP contribution is 2.77. The molecule has 1 aliphatic heterocycles. The molecule has 1 amide bonds. The van der Waals surface area contributed by atoms with Crippen LogP contribution in [0.4, 0.5) is 4.39 Å². The summed E-state index contributed by atoms with van der Waals surface area (Å²) in [5, 5.41) is 3.41. The second kappa shape index (κ2) is 15.8. The Morgan fingerprint density at radius 3 is 2.28 bits per heavy atom. The maximum absolute atomic E-state index is 14.8. The zero-order valence-corrected chi connectivity index (χ0v) is 38.4. The largest absolute Gasteiger partial charge is 0.460 e. The molecule has 1 aromatic rings. The fourth-order valence-electron chi connectivity index (χ4n) is 15.5. The van der Waals surface area contributed by atoms with E-state index in [2.05, 4.69) is 70.5 Å². The van der Waals surface area contributed by atoms with E-state index in [-0.39, 0.29) is 57.0 Å². The van der Waals surface area contributed by atoms with Crippen LogP contribution in [0.2, 0.25) is 0 Å². The van der Waals surface area contributed by atoms with E-state index in [1.807, 2.05) is 30.3 Å². The highest BCUT2D eigenvalue weighted by Gasteiger charge is 2.71. The molecular formula is C51H73FN2O5S. The van der Waals surface area contributed by atoms with Crippen molar-refractivity contribution in [2.24, 2.45) is 62.1 Å². The normalized spacial score (nSPS) is 40.7. The molecule has 1 heterocycles. The third kappa shape index (κ3) is 7.01. The summed E-state index contributed by atoms with van der Waals surface area (Å²) < 4.78 is 44.5. The lowest BCUT2D eigenvalue weighted by Gasteiger charge is -2.72. The minimum Gasteiger partial charge on any atom is -0.460 e. The first kappa shape index (κ1) is 43.9. The van der Waals surface area contributed by atoms with Gasteiger partial charge in [-0.3, -0.25) is 14.5 Å². The number of ether oxygens (including phenoxy) is 1. The molecule has 7 aliphatic rings. The average molecular weight is 845 g/mol. The number of carbonyl (C=O) groups excluding carboxylic acids is 2. The van der Waals surface area contributed by atoms with Gasteiger partial charge in [-0.05, 0) is 152 Å². The number of hydrogen-bond acceptors (Lipinski definition) is 6. The number of esters is 1. The van der Waals surface area contributed by atoms with Gasteiger partial charge >= 0.3 is 5.97 Å². The summed E-state index contributed by atoms with van der Waals surface area (Å²) in [7, 11) is -2.94. The minimum absolute atomic E-state index is 0.0553. The van der Waals surface area contributed by atoms with Crippen molar-refractivity contribution in [2.45, 2.75) is 125 Å². The lowest BCUT2D eigenvalue weighted by atomic mass is 9.32. The second-order valence-electron chi connectivity index (χ2n) is 22.0. The van der Waals surface area contributed by atoms with E-state index in [1.54, 1.807) is 0 Å². The SMILES string of the molecule is C=C(C)C1CCC2(C(=O)NCCN3CCS(=O)(=O)CC3)CCC3(C)C(CCC4C5(C)CC=C(C6=CCC(CF)(C(=O)OCc7ccccc7)CC6)C(C)(C)C5CCC43C)C12. The van der Waals surface area contributed by atoms with E-state index in [0.29, 0.717) is 69.1 Å². The first-order valence-electron chi connectivity index (χ1n) is 23.4. The molecule has 8 rings (SSSR count). The Labute approximate surface area is 360 Å². The summed E-state index contributed by atoms with van der Waals surface area (Å²) in [6.45, 7) is 21.3. The van der Waals surface area contributed by atoms with Crippen molar-refractivity contribution in [3.8, 4) is 0 Å². The van der Waals surface area contributed by atoms with Crippen LogP contribution in [-0.4, -0.2) is 69.6 Å². The molecule has 60 heavy (non-hydrogen) atoms. The molecule has 0 spiro atoms. The van der Waals surface area contributed by atoms with Crippen LogP contribution in [0, 0.1) is 62.1 Å². The van der Waals surface area contributed by atoms with Crippen molar-refractivity contribution in [3.05, 3.63) is 71.3 Å². The second-order valence-corrected chi connectivity index (χ2v) is 24.3. The van der Waals surface area contributed by atoms with Crippen molar-refractivity contribution < 1.29 is 27.1 Å². The average Bonchev–Trinajstić information content (AvgIpc) is 3.63. The standard InChI is InChI=1S/C51H73FN2O5S/c1-35(2)38-17-24-51(44(55)53-27-28-54-29-31-60(57,58)32-30-54)26-25-48(6)40(43(38)51)13-14-42-47(5)20-18-39(46(3,4)41(47)19-21-49(42,48)7)37-15-22-50(34-52,23-16-37)45(56)59-33-36-11-9-8-10-12-36/h8-12,15,18,38,40-43H,1,13-14,16-17,19-34H2,2-7H3,(H,53,55). The van der Waals surface area contributed by atoms with Crippen molar-refractivity contribution in [1.29, 1.82) is 0 Å². The summed E-state index contributed by atoms with van der Waals surface area (Å²) in [5.41, 5.74) is 3.69. The number of nitrogens with one attached hydrogen (secondary N) is 1. The molecule has 0 bridgehead atoms. The van der Waals surface area contributed by atoms with Crippen molar-refractivity contribution in [3.63, 3.8) is 0 Å². The quantitative estimate of drug-likeness (QED) is 0.186. The van der Waals surface area contributed by atoms with E-state index in [9.17, 15) is 22.4 Å². The molecule has 4 saturated carbocycles. The molecule has 1 N–H and O–H groups in total. The predicted molar refractivity (Wildman–Crippen MR) is 237 cm³/mol. The number of halogens is 1. The number of allylic oxidation sites excluding steroid dienone is 5. The molecule has 0 aromatic heterocycles. The number of benzene rings is 1. The number of hydrogen-bond donors (Lipinski definition) is 1. The number of carbonyl (C=O) groups is 2. The van der Waals surface area contributed by atoms with Crippen LogP contribution in [0.3, 0.4) is 0 Å². The van der Waals surface area contributed by atoms with E-state index < -0.39 is 27.9 Å². The van der Waals surface area contributed by atoms with Gasteiger partial charge in [0.05, 0.1) is 22.3 Å². The first-order valence-corrected chi connectivity index (χ1v) is 25.2. The minimum atomic E-state index is -2.94. The third-order valence-corrected chi connectivity index (χ3v) is 20.7. The van der Waals surface area contributed by atoms with Crippen molar-refractivity contribution in [2.75, 3.05) is 44.4 Å². The Morgan fingerprint density at radius 1 is 0.883 bits per heavy atom. The van der Waals surface area contributed by atoms with Gasteiger partial charge in [0.15, 0.2) is 9.84 Å². The molecule has 9 heteroatoms. The van der Waals surface area contributed by atoms with Crippen LogP contribution in [0.25, 0.3) is 0 Å². The molecule has 330 valence electrons. The summed E-state index contributed by atoms with van der Waals surface area (Å²) in [6, 6.07) is 9.62. The molecule has 7 nitrogen and oxygen atoms in total. The zero-order chi connectivity index (χ0) is 42.9. The van der Waals surface area contributed by atoms with Gasteiger partial charge in [0.25, 0.3) is 0 Å². The molecule has 1 saturated heterocycles. The third-order valence-electron chi connectivity index (χ3n) is 19.1. The van der Waals surface area contributed by atoms with Crippen LogP contribution < -0.4 is 5.32 Å². The number of fused-ring (bicyclic) bond motifs is 7. The molecule has 10 unspecified atom stereocenters. The number of alkyl halides is 1. The smallest absolute Gasteiger partial charge is 0.315 e. The van der Waals surface area contributed by atoms with Crippen molar-refractivity contribution >= 4 is 21.7 Å². The van der Waals surface area contributed by atoms with Crippen LogP contribution in [-0.2, 0) is 30.8 Å². The number of nitrogens with zero attached hydrogens (tertiary/aromatic N) is 1. The number of rotatable bonds is 10. The topological polar surface area (TPSA) is 92.8 Å². The Kier molecular flexibility index (Phi) is 11.5. The molecular weight excluding hydrogens is 772 g/mol.